The Kier molecular flexibility index (Phi) is 5.78. The van der Waals surface area contributed by atoms with Crippen LogP contribution in [0.15, 0.2) is 54.7 Å². The SMILES string of the molecule is C=C/C=C(\C=C/C(C)c1ccc(C)c(C)c1)C(C)O. The summed E-state index contributed by atoms with van der Waals surface area (Å²) < 4.78 is 0. The van der Waals surface area contributed by atoms with Crippen LogP contribution in [0.25, 0.3) is 0 Å². The number of aryl methyl sites for hydroxylation is 2. The second-order valence-corrected chi connectivity index (χ2v) is 5.07. The van der Waals surface area contributed by atoms with Crippen molar-refractivity contribution in [1.82, 2.24) is 0 Å². The molecule has 0 fully saturated rings. The number of aliphatic hydroxyl groups excluding tert-OH is 1. The van der Waals surface area contributed by atoms with E-state index in [1.54, 1.807) is 13.0 Å². The van der Waals surface area contributed by atoms with Gasteiger partial charge in [0.15, 0.2) is 0 Å². The molecule has 1 aromatic rings. The zero-order chi connectivity index (χ0) is 14.4. The van der Waals surface area contributed by atoms with Gasteiger partial charge in [0.25, 0.3) is 0 Å². The Bertz CT molecular complexity index is 492. The first kappa shape index (κ1) is 15.5. The smallest absolute Gasteiger partial charge is 0.0761 e. The second kappa shape index (κ2) is 7.10. The van der Waals surface area contributed by atoms with Gasteiger partial charge in [-0.1, -0.05) is 56.0 Å². The van der Waals surface area contributed by atoms with Crippen molar-refractivity contribution in [3.63, 3.8) is 0 Å². The molecule has 0 heterocycles. The highest BCUT2D eigenvalue weighted by atomic mass is 16.3. The quantitative estimate of drug-likeness (QED) is 0.771. The topological polar surface area (TPSA) is 20.2 Å². The summed E-state index contributed by atoms with van der Waals surface area (Å²) in [5.41, 5.74) is 4.81. The van der Waals surface area contributed by atoms with Gasteiger partial charge in [0.2, 0.25) is 0 Å². The Hall–Kier alpha value is -1.60. The van der Waals surface area contributed by atoms with Crippen molar-refractivity contribution in [2.45, 2.75) is 39.7 Å². The summed E-state index contributed by atoms with van der Waals surface area (Å²) in [5, 5.41) is 9.64. The lowest BCUT2D eigenvalue weighted by molar-refractivity contribution is 0.235. The first-order valence-electron chi connectivity index (χ1n) is 6.71. The third kappa shape index (κ3) is 4.53. The van der Waals surface area contributed by atoms with Crippen LogP contribution < -0.4 is 0 Å². The van der Waals surface area contributed by atoms with Crippen LogP contribution in [0.5, 0.6) is 0 Å². The third-order valence-electron chi connectivity index (χ3n) is 3.43. The largest absolute Gasteiger partial charge is 0.389 e. The van der Waals surface area contributed by atoms with Crippen molar-refractivity contribution in [3.8, 4) is 0 Å². The monoisotopic (exact) mass is 256 g/mol. The first-order valence-corrected chi connectivity index (χ1v) is 6.71. The lowest BCUT2D eigenvalue weighted by Crippen LogP contribution is -2.02. The van der Waals surface area contributed by atoms with E-state index in [1.807, 2.05) is 12.2 Å². The average Bonchev–Trinajstić information content (AvgIpc) is 2.37. The molecular formula is C18H24O. The maximum absolute atomic E-state index is 9.64. The fourth-order valence-corrected chi connectivity index (χ4v) is 1.88. The van der Waals surface area contributed by atoms with E-state index in [1.165, 1.54) is 16.7 Å². The molecule has 0 saturated heterocycles. The van der Waals surface area contributed by atoms with Crippen molar-refractivity contribution < 1.29 is 5.11 Å². The molecule has 1 N–H and O–H groups in total. The maximum atomic E-state index is 9.64. The first-order chi connectivity index (χ1) is 8.95. The van der Waals surface area contributed by atoms with E-state index in [9.17, 15) is 5.11 Å². The van der Waals surface area contributed by atoms with Crippen LogP contribution in [-0.4, -0.2) is 11.2 Å². The lowest BCUT2D eigenvalue weighted by Gasteiger charge is -2.11. The predicted octanol–water partition coefficient (Wildman–Crippen LogP) is 4.46. The van der Waals surface area contributed by atoms with Gasteiger partial charge in [0.1, 0.15) is 0 Å². The van der Waals surface area contributed by atoms with E-state index < -0.39 is 6.10 Å². The van der Waals surface area contributed by atoms with Crippen molar-refractivity contribution in [2.24, 2.45) is 0 Å². The molecule has 19 heavy (non-hydrogen) atoms. The van der Waals surface area contributed by atoms with Crippen molar-refractivity contribution >= 4 is 0 Å². The van der Waals surface area contributed by atoms with E-state index >= 15 is 0 Å². The summed E-state index contributed by atoms with van der Waals surface area (Å²) in [4.78, 5) is 0. The summed E-state index contributed by atoms with van der Waals surface area (Å²) >= 11 is 0. The maximum Gasteiger partial charge on any atom is 0.0761 e. The molecular weight excluding hydrogens is 232 g/mol. The molecule has 0 saturated carbocycles. The van der Waals surface area contributed by atoms with Gasteiger partial charge in [-0.25, -0.2) is 0 Å². The number of allylic oxidation sites excluding steroid dienone is 3. The fourth-order valence-electron chi connectivity index (χ4n) is 1.88. The molecule has 0 aliphatic heterocycles. The number of rotatable bonds is 5. The highest BCUT2D eigenvalue weighted by Crippen LogP contribution is 2.20. The van der Waals surface area contributed by atoms with E-state index in [2.05, 4.69) is 51.6 Å². The van der Waals surface area contributed by atoms with Crippen molar-refractivity contribution in [1.29, 1.82) is 0 Å². The van der Waals surface area contributed by atoms with Crippen molar-refractivity contribution in [3.05, 3.63) is 71.3 Å². The van der Waals surface area contributed by atoms with Crippen molar-refractivity contribution in [2.75, 3.05) is 0 Å². The highest BCUT2D eigenvalue weighted by Gasteiger charge is 2.05. The molecule has 0 aromatic heterocycles. The number of benzene rings is 1. The van der Waals surface area contributed by atoms with Gasteiger partial charge in [0.05, 0.1) is 6.10 Å². The molecule has 0 radical (unpaired) electrons. The number of aliphatic hydroxyl groups is 1. The molecule has 1 aromatic carbocycles. The zero-order valence-corrected chi connectivity index (χ0v) is 12.4. The van der Waals surface area contributed by atoms with Gasteiger partial charge in [0, 0.05) is 0 Å². The van der Waals surface area contributed by atoms with E-state index in [0.29, 0.717) is 5.92 Å². The van der Waals surface area contributed by atoms with Gasteiger partial charge >= 0.3 is 0 Å². The summed E-state index contributed by atoms with van der Waals surface area (Å²) in [6.45, 7) is 11.8. The second-order valence-electron chi connectivity index (χ2n) is 5.07. The minimum atomic E-state index is -0.471. The standard InChI is InChI=1S/C18H24O/c1-6-7-17(16(5)19)10-9-14(3)18-11-8-13(2)15(4)12-18/h6-12,14,16,19H,1H2,2-5H3/b10-9-,17-7+. The zero-order valence-electron chi connectivity index (χ0n) is 12.4. The molecule has 1 heteroatoms. The molecule has 2 unspecified atom stereocenters. The Morgan fingerprint density at radius 1 is 1.21 bits per heavy atom. The van der Waals surface area contributed by atoms with Crippen LogP contribution in [0.1, 0.15) is 36.5 Å². The fraction of sp³-hybridized carbons (Fsp3) is 0.333. The third-order valence-corrected chi connectivity index (χ3v) is 3.43. The van der Waals surface area contributed by atoms with Gasteiger partial charge in [-0.05, 0) is 49.0 Å². The Morgan fingerprint density at radius 3 is 2.42 bits per heavy atom. The van der Waals surface area contributed by atoms with Crippen LogP contribution in [0.2, 0.25) is 0 Å². The average molecular weight is 256 g/mol. The molecule has 1 rings (SSSR count). The van der Waals surface area contributed by atoms with Crippen LogP contribution in [0, 0.1) is 13.8 Å². The van der Waals surface area contributed by atoms with Gasteiger partial charge in [-0.2, -0.15) is 0 Å². The molecule has 0 amide bonds. The molecule has 0 bridgehead atoms. The Morgan fingerprint density at radius 2 is 1.89 bits per heavy atom. The lowest BCUT2D eigenvalue weighted by atomic mass is 9.95. The summed E-state index contributed by atoms with van der Waals surface area (Å²) in [5.74, 6) is 0.325. The molecule has 0 aliphatic rings. The molecule has 102 valence electrons. The summed E-state index contributed by atoms with van der Waals surface area (Å²) in [6, 6.07) is 6.55. The minimum absolute atomic E-state index is 0.325. The molecule has 2 atom stereocenters. The normalized spacial score (nSPS) is 15.5. The summed E-state index contributed by atoms with van der Waals surface area (Å²) in [7, 11) is 0. The highest BCUT2D eigenvalue weighted by molar-refractivity contribution is 5.35. The summed E-state index contributed by atoms with van der Waals surface area (Å²) in [6.07, 6.45) is 7.17. The molecule has 1 nitrogen and oxygen atoms in total. The predicted molar refractivity (Wildman–Crippen MR) is 83.4 cm³/mol. The van der Waals surface area contributed by atoms with E-state index in [4.69, 9.17) is 0 Å². The van der Waals surface area contributed by atoms with Crippen LogP contribution in [0.3, 0.4) is 0 Å². The number of hydrogen-bond acceptors (Lipinski definition) is 1. The van der Waals surface area contributed by atoms with E-state index in [-0.39, 0.29) is 0 Å². The molecule has 0 spiro atoms. The van der Waals surface area contributed by atoms with Gasteiger partial charge < -0.3 is 5.11 Å². The minimum Gasteiger partial charge on any atom is -0.389 e. The number of hydrogen-bond donors (Lipinski definition) is 1. The van der Waals surface area contributed by atoms with Crippen LogP contribution >= 0.6 is 0 Å². The van der Waals surface area contributed by atoms with Gasteiger partial charge in [-0.3, -0.25) is 0 Å². The Labute approximate surface area is 117 Å². The van der Waals surface area contributed by atoms with E-state index in [0.717, 1.165) is 5.57 Å². The molecule has 0 aliphatic carbocycles. The van der Waals surface area contributed by atoms with Crippen LogP contribution in [0.4, 0.5) is 0 Å². The Balaban J connectivity index is 2.89. The van der Waals surface area contributed by atoms with Gasteiger partial charge in [-0.15, -0.1) is 0 Å². The van der Waals surface area contributed by atoms with Crippen LogP contribution in [-0.2, 0) is 0 Å².